The third-order valence-electron chi connectivity index (χ3n) is 4.03. The molecule has 0 bridgehead atoms. The first-order valence-corrected chi connectivity index (χ1v) is 7.97. The third kappa shape index (κ3) is 4.04. The van der Waals surface area contributed by atoms with Gasteiger partial charge >= 0.3 is 0 Å². The van der Waals surface area contributed by atoms with Gasteiger partial charge in [0.15, 0.2) is 0 Å². The fourth-order valence-electron chi connectivity index (χ4n) is 2.78. The molecule has 24 heavy (non-hydrogen) atoms. The van der Waals surface area contributed by atoms with Crippen molar-refractivity contribution in [1.29, 1.82) is 0 Å². The van der Waals surface area contributed by atoms with Crippen molar-refractivity contribution in [3.8, 4) is 0 Å². The Bertz CT molecular complexity index is 732. The van der Waals surface area contributed by atoms with Gasteiger partial charge in [-0.15, -0.1) is 0 Å². The maximum atomic E-state index is 13.7. The topological polar surface area (TPSA) is 66.9 Å². The SMILES string of the molecule is O=C(NC1CCCCC1)c1cc(Nc2ccc(F)cc2F)ncn1. The van der Waals surface area contributed by atoms with E-state index in [4.69, 9.17) is 0 Å². The number of carbonyl (C=O) groups excluding carboxylic acids is 1. The maximum absolute atomic E-state index is 13.7. The average Bonchev–Trinajstić information content (AvgIpc) is 2.59. The van der Waals surface area contributed by atoms with Crippen molar-refractivity contribution in [3.05, 3.63) is 47.9 Å². The largest absolute Gasteiger partial charge is 0.348 e. The second-order valence-corrected chi connectivity index (χ2v) is 5.85. The Balaban J connectivity index is 1.70. The summed E-state index contributed by atoms with van der Waals surface area (Å²) in [5.74, 6) is -1.40. The van der Waals surface area contributed by atoms with Crippen LogP contribution in [0, 0.1) is 11.6 Å². The van der Waals surface area contributed by atoms with Gasteiger partial charge in [-0.25, -0.2) is 18.7 Å². The van der Waals surface area contributed by atoms with Gasteiger partial charge in [0.25, 0.3) is 5.91 Å². The number of halogens is 2. The molecule has 0 saturated heterocycles. The Kier molecular flexibility index (Phi) is 4.98. The van der Waals surface area contributed by atoms with Crippen LogP contribution in [0.1, 0.15) is 42.6 Å². The summed E-state index contributed by atoms with van der Waals surface area (Å²) in [7, 11) is 0. The van der Waals surface area contributed by atoms with Crippen LogP contribution >= 0.6 is 0 Å². The molecule has 126 valence electrons. The molecule has 0 aliphatic heterocycles. The summed E-state index contributed by atoms with van der Waals surface area (Å²) in [6.07, 6.45) is 6.62. The summed E-state index contributed by atoms with van der Waals surface area (Å²) in [6, 6.07) is 4.81. The Hall–Kier alpha value is -2.57. The summed E-state index contributed by atoms with van der Waals surface area (Å²) in [5.41, 5.74) is 0.286. The van der Waals surface area contributed by atoms with Gasteiger partial charge in [0.1, 0.15) is 29.5 Å². The lowest BCUT2D eigenvalue weighted by Gasteiger charge is -2.22. The first-order valence-electron chi connectivity index (χ1n) is 7.97. The van der Waals surface area contributed by atoms with Gasteiger partial charge in [-0.2, -0.15) is 0 Å². The van der Waals surface area contributed by atoms with Crippen molar-refractivity contribution >= 4 is 17.4 Å². The standard InChI is InChI=1S/C17H18F2N4O/c18-11-6-7-14(13(19)8-11)23-16-9-15(20-10-21-16)17(24)22-12-4-2-1-3-5-12/h6-10,12H,1-5H2,(H,22,24)(H,20,21,23). The zero-order valence-corrected chi connectivity index (χ0v) is 13.1. The van der Waals surface area contributed by atoms with E-state index in [-0.39, 0.29) is 29.1 Å². The molecule has 1 fully saturated rings. The number of anilines is 2. The highest BCUT2D eigenvalue weighted by atomic mass is 19.1. The number of benzene rings is 1. The lowest BCUT2D eigenvalue weighted by atomic mass is 9.95. The van der Waals surface area contributed by atoms with Gasteiger partial charge in [0, 0.05) is 18.2 Å². The molecular weight excluding hydrogens is 314 g/mol. The van der Waals surface area contributed by atoms with Crippen molar-refractivity contribution in [2.24, 2.45) is 0 Å². The Morgan fingerprint density at radius 2 is 1.88 bits per heavy atom. The summed E-state index contributed by atoms with van der Waals surface area (Å²) < 4.78 is 26.6. The van der Waals surface area contributed by atoms with Crippen molar-refractivity contribution < 1.29 is 13.6 Å². The van der Waals surface area contributed by atoms with E-state index in [1.807, 2.05) is 0 Å². The summed E-state index contributed by atoms with van der Waals surface area (Å²) in [5, 5.41) is 5.69. The van der Waals surface area contributed by atoms with Crippen LogP contribution in [0.2, 0.25) is 0 Å². The van der Waals surface area contributed by atoms with Crippen LogP contribution in [0.25, 0.3) is 0 Å². The third-order valence-corrected chi connectivity index (χ3v) is 4.03. The molecule has 5 nitrogen and oxygen atoms in total. The average molecular weight is 332 g/mol. The fourth-order valence-corrected chi connectivity index (χ4v) is 2.78. The number of rotatable bonds is 4. The van der Waals surface area contributed by atoms with Gasteiger partial charge in [-0.3, -0.25) is 4.79 Å². The van der Waals surface area contributed by atoms with E-state index in [1.165, 1.54) is 24.9 Å². The number of amides is 1. The van der Waals surface area contributed by atoms with E-state index >= 15 is 0 Å². The van der Waals surface area contributed by atoms with E-state index < -0.39 is 11.6 Å². The number of carbonyl (C=O) groups is 1. The van der Waals surface area contributed by atoms with Crippen molar-refractivity contribution in [2.45, 2.75) is 38.1 Å². The minimum absolute atomic E-state index is 0.0775. The molecular formula is C17H18F2N4O. The molecule has 1 aliphatic rings. The number of hydrogen-bond acceptors (Lipinski definition) is 4. The second-order valence-electron chi connectivity index (χ2n) is 5.85. The Morgan fingerprint density at radius 3 is 2.62 bits per heavy atom. The second kappa shape index (κ2) is 7.33. The van der Waals surface area contributed by atoms with Crippen LogP contribution in [0.15, 0.2) is 30.6 Å². The molecule has 1 amide bonds. The van der Waals surface area contributed by atoms with Gasteiger partial charge in [-0.05, 0) is 25.0 Å². The minimum atomic E-state index is -0.734. The van der Waals surface area contributed by atoms with Crippen LogP contribution in [-0.4, -0.2) is 21.9 Å². The molecule has 0 unspecified atom stereocenters. The van der Waals surface area contributed by atoms with Gasteiger partial charge in [0.2, 0.25) is 0 Å². The minimum Gasteiger partial charge on any atom is -0.348 e. The molecule has 2 aromatic rings. The lowest BCUT2D eigenvalue weighted by molar-refractivity contribution is 0.0922. The van der Waals surface area contributed by atoms with Crippen LogP contribution in [0.5, 0.6) is 0 Å². The van der Waals surface area contributed by atoms with E-state index in [9.17, 15) is 13.6 Å². The number of hydrogen-bond donors (Lipinski definition) is 2. The number of aromatic nitrogens is 2. The smallest absolute Gasteiger partial charge is 0.270 e. The van der Waals surface area contributed by atoms with Gasteiger partial charge in [-0.1, -0.05) is 19.3 Å². The van der Waals surface area contributed by atoms with E-state index in [1.54, 1.807) is 0 Å². The van der Waals surface area contributed by atoms with Crippen molar-refractivity contribution in [3.63, 3.8) is 0 Å². The van der Waals surface area contributed by atoms with Crippen LogP contribution in [-0.2, 0) is 0 Å². The fraction of sp³-hybridized carbons (Fsp3) is 0.353. The Labute approximate surface area is 138 Å². The molecule has 1 aromatic heterocycles. The van der Waals surface area contributed by atoms with Crippen LogP contribution in [0.3, 0.4) is 0 Å². The summed E-state index contributed by atoms with van der Waals surface area (Å²) in [6.45, 7) is 0. The maximum Gasteiger partial charge on any atom is 0.270 e. The molecule has 1 aromatic carbocycles. The summed E-state index contributed by atoms with van der Waals surface area (Å²) >= 11 is 0. The predicted molar refractivity (Wildman–Crippen MR) is 86.0 cm³/mol. The molecule has 0 atom stereocenters. The monoisotopic (exact) mass is 332 g/mol. The normalized spacial score (nSPS) is 15.1. The first kappa shape index (κ1) is 16.3. The molecule has 2 N–H and O–H groups in total. The van der Waals surface area contributed by atoms with E-state index in [0.717, 1.165) is 37.8 Å². The van der Waals surface area contributed by atoms with Crippen LogP contribution in [0.4, 0.5) is 20.3 Å². The molecule has 0 spiro atoms. The van der Waals surface area contributed by atoms with Crippen molar-refractivity contribution in [2.75, 3.05) is 5.32 Å². The highest BCUT2D eigenvalue weighted by Gasteiger charge is 2.18. The zero-order chi connectivity index (χ0) is 16.9. The number of nitrogens with zero attached hydrogens (tertiary/aromatic N) is 2. The lowest BCUT2D eigenvalue weighted by Crippen LogP contribution is -2.36. The van der Waals surface area contributed by atoms with E-state index in [2.05, 4.69) is 20.6 Å². The zero-order valence-electron chi connectivity index (χ0n) is 13.1. The highest BCUT2D eigenvalue weighted by Crippen LogP contribution is 2.20. The van der Waals surface area contributed by atoms with Crippen LogP contribution < -0.4 is 10.6 Å². The summed E-state index contributed by atoms with van der Waals surface area (Å²) in [4.78, 5) is 20.2. The molecule has 3 rings (SSSR count). The van der Waals surface area contributed by atoms with Gasteiger partial charge < -0.3 is 10.6 Å². The first-order chi connectivity index (χ1) is 11.6. The molecule has 1 saturated carbocycles. The molecule has 1 heterocycles. The van der Waals surface area contributed by atoms with Gasteiger partial charge in [0.05, 0.1) is 5.69 Å². The highest BCUT2D eigenvalue weighted by molar-refractivity contribution is 5.93. The van der Waals surface area contributed by atoms with Crippen molar-refractivity contribution in [1.82, 2.24) is 15.3 Å². The molecule has 7 heteroatoms. The van der Waals surface area contributed by atoms with E-state index in [0.29, 0.717) is 0 Å². The quantitative estimate of drug-likeness (QED) is 0.898. The predicted octanol–water partition coefficient (Wildman–Crippen LogP) is 3.56. The number of nitrogens with one attached hydrogen (secondary N) is 2. The molecule has 0 radical (unpaired) electrons. The Morgan fingerprint density at radius 1 is 1.08 bits per heavy atom. The molecule has 1 aliphatic carbocycles.